The van der Waals surface area contributed by atoms with E-state index in [2.05, 4.69) is 11.4 Å². The highest BCUT2D eigenvalue weighted by atomic mass is 19.1. The number of halogens is 1. The van der Waals surface area contributed by atoms with Crippen LogP contribution in [0.3, 0.4) is 0 Å². The Morgan fingerprint density at radius 2 is 2.28 bits per heavy atom. The van der Waals surface area contributed by atoms with Gasteiger partial charge in [0.1, 0.15) is 5.82 Å². The first-order valence-electron chi connectivity index (χ1n) is 5.88. The number of nitrogen functional groups attached to an aromatic ring is 1. The number of nitrogens with one attached hydrogen (secondary N) is 1. The summed E-state index contributed by atoms with van der Waals surface area (Å²) in [6, 6.07) is 6.14. The fourth-order valence-corrected chi connectivity index (χ4v) is 2.27. The Kier molecular flexibility index (Phi) is 3.47. The molecule has 2 atom stereocenters. The highest BCUT2D eigenvalue weighted by Gasteiger charge is 2.29. The Hall–Kier alpha value is -2.09. The molecule has 2 unspecified atom stereocenters. The van der Waals surface area contributed by atoms with Gasteiger partial charge in [-0.15, -0.1) is 0 Å². The first kappa shape index (κ1) is 12.4. The molecule has 94 valence electrons. The molecule has 1 aliphatic carbocycles. The maximum Gasteiger partial charge on any atom is 0.253 e. The van der Waals surface area contributed by atoms with Crippen LogP contribution in [0, 0.1) is 23.1 Å². The van der Waals surface area contributed by atoms with E-state index in [1.54, 1.807) is 0 Å². The van der Waals surface area contributed by atoms with Gasteiger partial charge in [0.05, 0.1) is 23.2 Å². The average molecular weight is 247 g/mol. The second-order valence-corrected chi connectivity index (χ2v) is 4.45. The van der Waals surface area contributed by atoms with Crippen LogP contribution in [-0.2, 0) is 0 Å². The summed E-state index contributed by atoms with van der Waals surface area (Å²) in [5.74, 6) is -1.19. The van der Waals surface area contributed by atoms with Crippen molar-refractivity contribution in [1.82, 2.24) is 5.32 Å². The predicted octanol–water partition coefficient (Wildman–Crippen LogP) is 1.83. The smallest absolute Gasteiger partial charge is 0.253 e. The number of nitriles is 1. The number of nitrogens with zero attached hydrogens (tertiary/aromatic N) is 1. The molecule has 3 N–H and O–H groups in total. The lowest BCUT2D eigenvalue weighted by Crippen LogP contribution is -2.37. The molecule has 0 aromatic heterocycles. The van der Waals surface area contributed by atoms with Gasteiger partial charge in [-0.2, -0.15) is 5.26 Å². The van der Waals surface area contributed by atoms with E-state index >= 15 is 0 Å². The number of hydrogen-bond acceptors (Lipinski definition) is 3. The number of nitrogens with two attached hydrogens (primary N) is 1. The van der Waals surface area contributed by atoms with Crippen molar-refractivity contribution in [3.63, 3.8) is 0 Å². The molecule has 1 aromatic rings. The Morgan fingerprint density at radius 1 is 1.50 bits per heavy atom. The van der Waals surface area contributed by atoms with Crippen molar-refractivity contribution in [2.24, 2.45) is 5.92 Å². The molecule has 1 fully saturated rings. The maximum absolute atomic E-state index is 13.2. The fraction of sp³-hybridized carbons (Fsp3) is 0.385. The maximum atomic E-state index is 13.2. The zero-order chi connectivity index (χ0) is 13.1. The lowest BCUT2D eigenvalue weighted by Gasteiger charge is -2.16. The first-order valence-corrected chi connectivity index (χ1v) is 5.88. The summed E-state index contributed by atoms with van der Waals surface area (Å²) < 4.78 is 13.2. The zero-order valence-corrected chi connectivity index (χ0v) is 9.82. The van der Waals surface area contributed by atoms with Crippen molar-refractivity contribution in [3.05, 3.63) is 29.6 Å². The molecule has 0 bridgehead atoms. The van der Waals surface area contributed by atoms with Gasteiger partial charge in [0.15, 0.2) is 0 Å². The van der Waals surface area contributed by atoms with Crippen LogP contribution in [0.5, 0.6) is 0 Å². The highest BCUT2D eigenvalue weighted by Crippen LogP contribution is 2.25. The topological polar surface area (TPSA) is 78.9 Å². The van der Waals surface area contributed by atoms with Crippen LogP contribution in [0.15, 0.2) is 18.2 Å². The Morgan fingerprint density at radius 3 is 3.00 bits per heavy atom. The summed E-state index contributed by atoms with van der Waals surface area (Å²) in [7, 11) is 0. The van der Waals surface area contributed by atoms with Crippen LogP contribution < -0.4 is 11.1 Å². The van der Waals surface area contributed by atoms with Crippen molar-refractivity contribution >= 4 is 11.6 Å². The predicted molar refractivity (Wildman–Crippen MR) is 65.0 cm³/mol. The summed E-state index contributed by atoms with van der Waals surface area (Å²) in [6.45, 7) is 0. The van der Waals surface area contributed by atoms with Crippen LogP contribution in [0.25, 0.3) is 0 Å². The van der Waals surface area contributed by atoms with Gasteiger partial charge < -0.3 is 11.1 Å². The van der Waals surface area contributed by atoms with Crippen LogP contribution >= 0.6 is 0 Å². The molecule has 1 aromatic carbocycles. The van der Waals surface area contributed by atoms with Crippen LogP contribution in [0.4, 0.5) is 10.1 Å². The summed E-state index contributed by atoms with van der Waals surface area (Å²) in [4.78, 5) is 12.0. The van der Waals surface area contributed by atoms with E-state index in [9.17, 15) is 9.18 Å². The van der Waals surface area contributed by atoms with Gasteiger partial charge in [-0.05, 0) is 31.4 Å². The number of anilines is 1. The van der Waals surface area contributed by atoms with Gasteiger partial charge in [-0.1, -0.05) is 6.07 Å². The summed E-state index contributed by atoms with van der Waals surface area (Å²) in [5.41, 5.74) is 5.50. The molecule has 0 heterocycles. The van der Waals surface area contributed by atoms with E-state index in [0.29, 0.717) is 0 Å². The Bertz CT molecular complexity index is 509. The number of carbonyl (C=O) groups is 1. The van der Waals surface area contributed by atoms with Crippen LogP contribution in [-0.4, -0.2) is 11.9 Å². The third-order valence-electron chi connectivity index (χ3n) is 3.30. The van der Waals surface area contributed by atoms with Gasteiger partial charge in [0, 0.05) is 6.04 Å². The van der Waals surface area contributed by atoms with E-state index in [4.69, 9.17) is 11.0 Å². The van der Waals surface area contributed by atoms with Crippen molar-refractivity contribution in [2.75, 3.05) is 5.73 Å². The third-order valence-corrected chi connectivity index (χ3v) is 3.30. The molecule has 2 rings (SSSR count). The minimum absolute atomic E-state index is 0.124. The molecule has 1 saturated carbocycles. The lowest BCUT2D eigenvalue weighted by atomic mass is 10.0. The third kappa shape index (κ3) is 2.28. The number of hydrogen-bond donors (Lipinski definition) is 2. The zero-order valence-electron chi connectivity index (χ0n) is 9.82. The average Bonchev–Trinajstić information content (AvgIpc) is 2.79. The largest absolute Gasteiger partial charge is 0.396 e. The van der Waals surface area contributed by atoms with Gasteiger partial charge in [0.2, 0.25) is 0 Å². The van der Waals surface area contributed by atoms with E-state index in [0.717, 1.165) is 19.3 Å². The van der Waals surface area contributed by atoms with Gasteiger partial charge in [0.25, 0.3) is 5.91 Å². The van der Waals surface area contributed by atoms with Gasteiger partial charge in [-0.25, -0.2) is 4.39 Å². The minimum Gasteiger partial charge on any atom is -0.396 e. The molecule has 5 heteroatoms. The normalized spacial score (nSPS) is 22.4. The van der Waals surface area contributed by atoms with Gasteiger partial charge in [-0.3, -0.25) is 4.79 Å². The molecule has 4 nitrogen and oxygen atoms in total. The highest BCUT2D eigenvalue weighted by molar-refractivity contribution is 5.99. The number of benzene rings is 1. The molecular weight excluding hydrogens is 233 g/mol. The van der Waals surface area contributed by atoms with Crippen LogP contribution in [0.2, 0.25) is 0 Å². The van der Waals surface area contributed by atoms with Crippen molar-refractivity contribution in [3.8, 4) is 6.07 Å². The molecule has 18 heavy (non-hydrogen) atoms. The molecular formula is C13H14FN3O. The van der Waals surface area contributed by atoms with E-state index in [1.807, 2.05) is 0 Å². The molecule has 0 radical (unpaired) electrons. The molecule has 0 saturated heterocycles. The van der Waals surface area contributed by atoms with E-state index in [1.165, 1.54) is 18.2 Å². The Labute approximate surface area is 105 Å². The molecule has 0 aliphatic heterocycles. The first-order chi connectivity index (χ1) is 8.63. The SMILES string of the molecule is N#CC1CCCC1NC(=O)c1cccc(F)c1N. The standard InChI is InChI=1S/C13H14FN3O/c14-10-5-2-4-9(12(10)16)13(18)17-11-6-1-3-8(11)7-15/h2,4-5,8,11H,1,3,6,16H2,(H,17,18). The molecule has 0 spiro atoms. The van der Waals surface area contributed by atoms with Crippen molar-refractivity contribution < 1.29 is 9.18 Å². The van der Waals surface area contributed by atoms with Crippen LogP contribution in [0.1, 0.15) is 29.6 Å². The molecule has 1 amide bonds. The number of para-hydroxylation sites is 1. The number of carbonyl (C=O) groups excluding carboxylic acids is 1. The van der Waals surface area contributed by atoms with E-state index < -0.39 is 11.7 Å². The summed E-state index contributed by atoms with van der Waals surface area (Å²) >= 11 is 0. The van der Waals surface area contributed by atoms with Crippen molar-refractivity contribution in [2.45, 2.75) is 25.3 Å². The monoisotopic (exact) mass is 247 g/mol. The van der Waals surface area contributed by atoms with Crippen molar-refractivity contribution in [1.29, 1.82) is 5.26 Å². The second kappa shape index (κ2) is 5.05. The number of amides is 1. The lowest BCUT2D eigenvalue weighted by molar-refractivity contribution is 0.0933. The Balaban J connectivity index is 2.13. The summed E-state index contributed by atoms with van der Waals surface area (Å²) in [6.07, 6.45) is 2.49. The number of rotatable bonds is 2. The quantitative estimate of drug-likeness (QED) is 0.782. The summed E-state index contributed by atoms with van der Waals surface area (Å²) in [5, 5.41) is 11.7. The second-order valence-electron chi connectivity index (χ2n) is 4.45. The minimum atomic E-state index is -0.606. The van der Waals surface area contributed by atoms with E-state index in [-0.39, 0.29) is 23.2 Å². The molecule has 1 aliphatic rings. The fourth-order valence-electron chi connectivity index (χ4n) is 2.27. The van der Waals surface area contributed by atoms with Gasteiger partial charge >= 0.3 is 0 Å².